The lowest BCUT2D eigenvalue weighted by molar-refractivity contribution is -0.115. The zero-order valence-corrected chi connectivity index (χ0v) is 15.3. The molecule has 0 aliphatic heterocycles. The molecule has 4 rings (SSSR count). The molecular weight excluding hydrogens is 346 g/mol. The molecule has 0 saturated heterocycles. The predicted octanol–water partition coefficient (Wildman–Crippen LogP) is 4.36. The topological polar surface area (TPSA) is 55.4 Å². The smallest absolute Gasteiger partial charge is 0.341 e. The van der Waals surface area contributed by atoms with E-state index in [1.165, 1.54) is 23.3 Å². The first kappa shape index (κ1) is 16.8. The molecule has 0 fully saturated rings. The first-order valence-corrected chi connectivity index (χ1v) is 9.48. The van der Waals surface area contributed by atoms with Crippen LogP contribution in [0, 0.1) is 0 Å². The van der Waals surface area contributed by atoms with Crippen molar-refractivity contribution in [2.45, 2.75) is 25.7 Å². The third-order valence-electron chi connectivity index (χ3n) is 4.79. The number of amides is 1. The summed E-state index contributed by atoms with van der Waals surface area (Å²) >= 11 is 1.50. The Kier molecular flexibility index (Phi) is 4.47. The second-order valence-electron chi connectivity index (χ2n) is 6.42. The third kappa shape index (κ3) is 2.99. The van der Waals surface area contributed by atoms with Crippen LogP contribution in [-0.2, 0) is 28.8 Å². The van der Waals surface area contributed by atoms with Gasteiger partial charge in [-0.2, -0.15) is 0 Å². The first-order chi connectivity index (χ1) is 12.7. The molecular formula is C21H19NO3S. The number of esters is 1. The van der Waals surface area contributed by atoms with E-state index < -0.39 is 0 Å². The Hall–Kier alpha value is -2.66. The van der Waals surface area contributed by atoms with E-state index in [0.29, 0.717) is 10.6 Å². The summed E-state index contributed by atoms with van der Waals surface area (Å²) in [6.07, 6.45) is 3.15. The second-order valence-corrected chi connectivity index (χ2v) is 7.52. The molecule has 4 nitrogen and oxygen atoms in total. The summed E-state index contributed by atoms with van der Waals surface area (Å²) in [5.74, 6) is -0.490. The van der Waals surface area contributed by atoms with Gasteiger partial charge in [-0.15, -0.1) is 11.3 Å². The van der Waals surface area contributed by atoms with Crippen LogP contribution in [0.4, 0.5) is 5.00 Å². The Labute approximate surface area is 155 Å². The van der Waals surface area contributed by atoms with Gasteiger partial charge in [-0.05, 0) is 41.2 Å². The number of benzene rings is 2. The molecule has 3 aromatic rings. The summed E-state index contributed by atoms with van der Waals surface area (Å²) in [6, 6.07) is 14.0. The van der Waals surface area contributed by atoms with Crippen molar-refractivity contribution in [3.8, 4) is 0 Å². The minimum absolute atomic E-state index is 0.119. The number of hydrogen-bond acceptors (Lipinski definition) is 4. The fourth-order valence-corrected chi connectivity index (χ4v) is 4.89. The molecule has 1 heterocycles. The molecule has 0 saturated carbocycles. The average Bonchev–Trinajstić information content (AvgIpc) is 3.22. The molecule has 0 atom stereocenters. The van der Waals surface area contributed by atoms with Crippen LogP contribution in [0.2, 0.25) is 0 Å². The van der Waals surface area contributed by atoms with Gasteiger partial charge in [0.15, 0.2) is 0 Å². The largest absolute Gasteiger partial charge is 0.465 e. The number of fused-ring (bicyclic) bond motifs is 2. The number of carbonyl (C=O) groups excluding carboxylic acids is 2. The summed E-state index contributed by atoms with van der Waals surface area (Å²) in [5, 5.41) is 5.75. The zero-order chi connectivity index (χ0) is 18.1. The Bertz CT molecular complexity index is 1000. The van der Waals surface area contributed by atoms with Crippen molar-refractivity contribution < 1.29 is 14.3 Å². The average molecular weight is 365 g/mol. The molecule has 1 N–H and O–H groups in total. The Morgan fingerprint density at radius 1 is 1.12 bits per heavy atom. The number of carbonyl (C=O) groups is 2. The summed E-state index contributed by atoms with van der Waals surface area (Å²) in [4.78, 5) is 26.0. The summed E-state index contributed by atoms with van der Waals surface area (Å²) < 4.78 is 4.93. The first-order valence-electron chi connectivity index (χ1n) is 8.66. The lowest BCUT2D eigenvalue weighted by Gasteiger charge is -2.09. The maximum absolute atomic E-state index is 12.7. The molecule has 0 unspecified atom stereocenters. The summed E-state index contributed by atoms with van der Waals surface area (Å²) in [6.45, 7) is 0. The molecule has 1 aromatic heterocycles. The van der Waals surface area contributed by atoms with E-state index in [9.17, 15) is 9.59 Å². The number of methoxy groups -OCH3 is 1. The predicted molar refractivity (Wildman–Crippen MR) is 104 cm³/mol. The number of hydrogen-bond donors (Lipinski definition) is 1. The number of aryl methyl sites for hydroxylation is 1. The summed E-state index contributed by atoms with van der Waals surface area (Å²) in [7, 11) is 1.38. The van der Waals surface area contributed by atoms with E-state index in [1.54, 1.807) is 0 Å². The van der Waals surface area contributed by atoms with Crippen molar-refractivity contribution in [3.63, 3.8) is 0 Å². The molecule has 132 valence electrons. The highest BCUT2D eigenvalue weighted by Gasteiger charge is 2.28. The van der Waals surface area contributed by atoms with Gasteiger partial charge in [0.05, 0.1) is 19.1 Å². The van der Waals surface area contributed by atoms with E-state index in [-0.39, 0.29) is 18.3 Å². The minimum Gasteiger partial charge on any atom is -0.465 e. The third-order valence-corrected chi connectivity index (χ3v) is 6.00. The van der Waals surface area contributed by atoms with Gasteiger partial charge in [0.2, 0.25) is 5.91 Å². The Balaban J connectivity index is 1.60. The van der Waals surface area contributed by atoms with Crippen LogP contribution in [0.15, 0.2) is 42.5 Å². The lowest BCUT2D eigenvalue weighted by atomic mass is 10.0. The Morgan fingerprint density at radius 2 is 1.92 bits per heavy atom. The number of rotatable bonds is 4. The van der Waals surface area contributed by atoms with Gasteiger partial charge in [0, 0.05) is 4.88 Å². The fraction of sp³-hybridized carbons (Fsp3) is 0.238. The number of thiophene rings is 1. The molecule has 1 aliphatic carbocycles. The fourth-order valence-electron chi connectivity index (χ4n) is 3.60. The van der Waals surface area contributed by atoms with Crippen LogP contribution in [0.1, 0.15) is 32.8 Å². The SMILES string of the molecule is COC(=O)c1c(NC(=O)Cc2cccc3ccccc23)sc2c1CCC2. The van der Waals surface area contributed by atoms with Crippen LogP contribution in [0.25, 0.3) is 10.8 Å². The van der Waals surface area contributed by atoms with Gasteiger partial charge in [0.25, 0.3) is 0 Å². The van der Waals surface area contributed by atoms with E-state index in [4.69, 9.17) is 4.74 Å². The number of nitrogens with one attached hydrogen (secondary N) is 1. The monoisotopic (exact) mass is 365 g/mol. The van der Waals surface area contributed by atoms with Gasteiger partial charge >= 0.3 is 5.97 Å². The second kappa shape index (κ2) is 6.92. The van der Waals surface area contributed by atoms with E-state index in [1.807, 2.05) is 42.5 Å². The van der Waals surface area contributed by atoms with Crippen LogP contribution in [-0.4, -0.2) is 19.0 Å². The Morgan fingerprint density at radius 3 is 2.77 bits per heavy atom. The van der Waals surface area contributed by atoms with Crippen LogP contribution in [0.3, 0.4) is 0 Å². The van der Waals surface area contributed by atoms with Gasteiger partial charge < -0.3 is 10.1 Å². The lowest BCUT2D eigenvalue weighted by Crippen LogP contribution is -2.16. The highest BCUT2D eigenvalue weighted by Crippen LogP contribution is 2.39. The van der Waals surface area contributed by atoms with Crippen molar-refractivity contribution >= 4 is 39.0 Å². The van der Waals surface area contributed by atoms with E-state index in [2.05, 4.69) is 5.32 Å². The number of ether oxygens (including phenoxy) is 1. The maximum atomic E-state index is 12.7. The quantitative estimate of drug-likeness (QED) is 0.699. The summed E-state index contributed by atoms with van der Waals surface area (Å²) in [5.41, 5.74) is 2.56. The van der Waals surface area contributed by atoms with Crippen LogP contribution in [0.5, 0.6) is 0 Å². The van der Waals surface area contributed by atoms with Gasteiger partial charge in [0.1, 0.15) is 5.00 Å². The molecule has 0 spiro atoms. The van der Waals surface area contributed by atoms with Gasteiger partial charge in [-0.3, -0.25) is 4.79 Å². The van der Waals surface area contributed by atoms with Crippen molar-refractivity contribution in [1.29, 1.82) is 0 Å². The molecule has 5 heteroatoms. The molecule has 1 amide bonds. The molecule has 1 aliphatic rings. The van der Waals surface area contributed by atoms with E-state index in [0.717, 1.165) is 41.2 Å². The van der Waals surface area contributed by atoms with Crippen molar-refractivity contribution in [1.82, 2.24) is 0 Å². The normalized spacial score (nSPS) is 12.8. The van der Waals surface area contributed by atoms with E-state index >= 15 is 0 Å². The van der Waals surface area contributed by atoms with Crippen LogP contribution >= 0.6 is 11.3 Å². The van der Waals surface area contributed by atoms with Crippen molar-refractivity contribution in [2.75, 3.05) is 12.4 Å². The van der Waals surface area contributed by atoms with Crippen molar-refractivity contribution in [3.05, 3.63) is 64.0 Å². The van der Waals surface area contributed by atoms with Crippen LogP contribution < -0.4 is 5.32 Å². The zero-order valence-electron chi connectivity index (χ0n) is 14.5. The number of anilines is 1. The van der Waals surface area contributed by atoms with Gasteiger partial charge in [-0.1, -0.05) is 42.5 Å². The molecule has 2 aromatic carbocycles. The maximum Gasteiger partial charge on any atom is 0.341 e. The highest BCUT2D eigenvalue weighted by molar-refractivity contribution is 7.17. The molecule has 0 bridgehead atoms. The van der Waals surface area contributed by atoms with Crippen molar-refractivity contribution in [2.24, 2.45) is 0 Å². The standard InChI is InChI=1S/C21H19NO3S/c1-25-21(24)19-16-10-5-11-17(16)26-20(19)22-18(23)12-14-8-4-7-13-6-2-3-9-15(13)14/h2-4,6-9H,5,10-12H2,1H3,(H,22,23). The molecule has 26 heavy (non-hydrogen) atoms. The molecule has 0 radical (unpaired) electrons. The van der Waals surface area contributed by atoms with Gasteiger partial charge in [-0.25, -0.2) is 4.79 Å². The highest BCUT2D eigenvalue weighted by atomic mass is 32.1. The minimum atomic E-state index is -0.370.